The first-order valence-electron chi connectivity index (χ1n) is 12.2. The van der Waals surface area contributed by atoms with Crippen molar-refractivity contribution in [2.75, 3.05) is 27.2 Å². The second-order valence-electron chi connectivity index (χ2n) is 10.2. The molecule has 7 nitrogen and oxygen atoms in total. The summed E-state index contributed by atoms with van der Waals surface area (Å²) in [4.78, 5) is 7.78. The molecule has 0 bridgehead atoms. The molecule has 2 atom stereocenters. The van der Waals surface area contributed by atoms with Crippen molar-refractivity contribution in [3.05, 3.63) is 52.9 Å². The number of piperidine rings is 1. The highest BCUT2D eigenvalue weighted by Crippen LogP contribution is 2.57. The van der Waals surface area contributed by atoms with Crippen LogP contribution in [0.1, 0.15) is 60.8 Å². The fourth-order valence-corrected chi connectivity index (χ4v) is 7.35. The molecule has 1 fully saturated rings. The number of benzene rings is 1. The summed E-state index contributed by atoms with van der Waals surface area (Å²) < 4.78 is 35.7. The van der Waals surface area contributed by atoms with E-state index in [1.165, 1.54) is 22.0 Å². The lowest BCUT2D eigenvalue weighted by molar-refractivity contribution is 0.0269. The quantitative estimate of drug-likeness (QED) is 0.550. The number of hydrogen-bond acceptors (Lipinski definition) is 5. The van der Waals surface area contributed by atoms with E-state index in [0.717, 1.165) is 60.4 Å². The molecule has 3 aliphatic heterocycles. The van der Waals surface area contributed by atoms with Crippen molar-refractivity contribution in [2.45, 2.75) is 57.4 Å². The van der Waals surface area contributed by atoms with Crippen molar-refractivity contribution in [3.8, 4) is 0 Å². The van der Waals surface area contributed by atoms with E-state index in [-0.39, 0.29) is 11.5 Å². The maximum absolute atomic E-state index is 13.0. The summed E-state index contributed by atoms with van der Waals surface area (Å²) in [6.07, 6.45) is 6.68. The van der Waals surface area contributed by atoms with Crippen LogP contribution in [0.3, 0.4) is 0 Å². The van der Waals surface area contributed by atoms with Crippen molar-refractivity contribution < 1.29 is 12.8 Å². The van der Waals surface area contributed by atoms with Crippen LogP contribution >= 0.6 is 0 Å². The van der Waals surface area contributed by atoms with Gasteiger partial charge in [0.25, 0.3) is 0 Å². The third kappa shape index (κ3) is 2.82. The first-order chi connectivity index (χ1) is 16.2. The lowest BCUT2D eigenvalue weighted by Gasteiger charge is -2.53. The molecule has 3 aliphatic rings. The molecule has 1 saturated heterocycles. The standard InChI is InChI=1S/C26H32N4O3S/c1-6-26-11-7-12-29-13-10-19-20-14-18(34(31,32)28(4)5)8-9-21(20)30(23(19)24(26)29)22(15-26)25-27-16(2)17(3)33-25/h8-9,14-15,24H,6-7,10-13H2,1-5H3/t24-,26+/m1/s1. The smallest absolute Gasteiger partial charge is 0.243 e. The zero-order valence-corrected chi connectivity index (χ0v) is 21.4. The lowest BCUT2D eigenvalue weighted by Crippen LogP contribution is -2.50. The molecule has 180 valence electrons. The fraction of sp³-hybridized carbons (Fsp3) is 0.500. The van der Waals surface area contributed by atoms with Gasteiger partial charge in [-0.1, -0.05) is 6.92 Å². The normalized spacial score (nSPS) is 24.5. The van der Waals surface area contributed by atoms with Gasteiger partial charge in [-0.3, -0.25) is 4.90 Å². The molecule has 3 aromatic rings. The maximum atomic E-state index is 13.0. The molecular weight excluding hydrogens is 448 g/mol. The second kappa shape index (κ2) is 7.29. The minimum atomic E-state index is -3.52. The summed E-state index contributed by atoms with van der Waals surface area (Å²) in [6, 6.07) is 5.86. The largest absolute Gasteiger partial charge is 0.440 e. The molecule has 6 rings (SSSR count). The highest BCUT2D eigenvalue weighted by Gasteiger charge is 2.51. The van der Waals surface area contributed by atoms with Crippen LogP contribution in [0.2, 0.25) is 0 Å². The van der Waals surface area contributed by atoms with Crippen LogP contribution in [-0.2, 0) is 16.4 Å². The highest BCUT2D eigenvalue weighted by atomic mass is 32.2. The number of aryl methyl sites for hydroxylation is 2. The SMILES string of the molecule is CC[C@@]12C=C(c3nc(C)c(C)o3)n3c4c(c5cc(S(=O)(=O)N(C)C)ccc53)CCN(CCC1)[C@H]42. The van der Waals surface area contributed by atoms with E-state index < -0.39 is 10.0 Å². The van der Waals surface area contributed by atoms with E-state index in [0.29, 0.717) is 10.8 Å². The zero-order chi connectivity index (χ0) is 24.0. The van der Waals surface area contributed by atoms with Crippen LogP contribution in [-0.4, -0.2) is 54.4 Å². The number of aromatic nitrogens is 2. The predicted octanol–water partition coefficient (Wildman–Crippen LogP) is 4.49. The van der Waals surface area contributed by atoms with Crippen LogP contribution in [0.25, 0.3) is 16.6 Å². The van der Waals surface area contributed by atoms with Gasteiger partial charge in [0.1, 0.15) is 11.5 Å². The van der Waals surface area contributed by atoms with E-state index in [1.807, 2.05) is 26.0 Å². The molecule has 0 unspecified atom stereocenters. The molecule has 5 heterocycles. The molecule has 0 saturated carbocycles. The molecule has 34 heavy (non-hydrogen) atoms. The van der Waals surface area contributed by atoms with Crippen molar-refractivity contribution in [3.63, 3.8) is 0 Å². The Morgan fingerprint density at radius 3 is 2.71 bits per heavy atom. The first-order valence-corrected chi connectivity index (χ1v) is 13.6. The van der Waals surface area contributed by atoms with E-state index in [2.05, 4.69) is 22.5 Å². The van der Waals surface area contributed by atoms with Crippen molar-refractivity contribution in [1.82, 2.24) is 18.8 Å². The first kappa shape index (κ1) is 22.1. The minimum absolute atomic E-state index is 0.0158. The zero-order valence-electron chi connectivity index (χ0n) is 20.6. The topological polar surface area (TPSA) is 71.6 Å². The van der Waals surface area contributed by atoms with Crippen LogP contribution in [0, 0.1) is 19.3 Å². The fourth-order valence-electron chi connectivity index (χ4n) is 6.42. The third-order valence-electron chi connectivity index (χ3n) is 8.34. The molecule has 2 aromatic heterocycles. The number of sulfonamides is 1. The Kier molecular flexibility index (Phi) is 4.73. The van der Waals surface area contributed by atoms with Gasteiger partial charge >= 0.3 is 0 Å². The molecule has 0 amide bonds. The van der Waals surface area contributed by atoms with Gasteiger partial charge in [-0.25, -0.2) is 17.7 Å². The van der Waals surface area contributed by atoms with E-state index in [9.17, 15) is 8.42 Å². The number of nitrogens with zero attached hydrogens (tertiary/aromatic N) is 4. The van der Waals surface area contributed by atoms with Gasteiger partial charge in [0.2, 0.25) is 15.9 Å². The summed E-state index contributed by atoms with van der Waals surface area (Å²) in [5, 5.41) is 1.03. The molecule has 0 radical (unpaired) electrons. The van der Waals surface area contributed by atoms with Crippen molar-refractivity contribution in [2.24, 2.45) is 5.41 Å². The van der Waals surface area contributed by atoms with Crippen LogP contribution in [0.4, 0.5) is 0 Å². The number of fused-ring (bicyclic) bond motifs is 3. The number of hydrogen-bond donors (Lipinski definition) is 0. The van der Waals surface area contributed by atoms with E-state index in [1.54, 1.807) is 20.2 Å². The monoisotopic (exact) mass is 480 g/mol. The van der Waals surface area contributed by atoms with Crippen LogP contribution in [0.15, 0.2) is 33.6 Å². The van der Waals surface area contributed by atoms with Gasteiger partial charge in [-0.15, -0.1) is 0 Å². The average Bonchev–Trinajstić information content (AvgIpc) is 3.34. The van der Waals surface area contributed by atoms with Crippen LogP contribution < -0.4 is 0 Å². The molecule has 0 spiro atoms. The van der Waals surface area contributed by atoms with Crippen LogP contribution in [0.5, 0.6) is 0 Å². The van der Waals surface area contributed by atoms with Gasteiger partial charge in [0, 0.05) is 37.1 Å². The van der Waals surface area contributed by atoms with Gasteiger partial charge in [0.05, 0.1) is 22.1 Å². The summed E-state index contributed by atoms with van der Waals surface area (Å²) in [7, 11) is -0.359. The molecule has 0 aliphatic carbocycles. The molecule has 8 heteroatoms. The second-order valence-corrected chi connectivity index (χ2v) is 12.4. The molecule has 0 N–H and O–H groups in total. The van der Waals surface area contributed by atoms with E-state index in [4.69, 9.17) is 9.40 Å². The Morgan fingerprint density at radius 1 is 1.24 bits per heavy atom. The summed E-state index contributed by atoms with van der Waals surface area (Å²) in [6.45, 7) is 8.33. The summed E-state index contributed by atoms with van der Waals surface area (Å²) in [5.41, 5.74) is 5.51. The Labute approximate surface area is 201 Å². The van der Waals surface area contributed by atoms with Crippen molar-refractivity contribution in [1.29, 1.82) is 0 Å². The van der Waals surface area contributed by atoms with Gasteiger partial charge in [-0.05, 0) is 75.9 Å². The minimum Gasteiger partial charge on any atom is -0.440 e. The number of oxazole rings is 1. The Morgan fingerprint density at radius 2 is 2.03 bits per heavy atom. The van der Waals surface area contributed by atoms with Gasteiger partial charge in [-0.2, -0.15) is 0 Å². The van der Waals surface area contributed by atoms with Gasteiger partial charge in [0.15, 0.2) is 0 Å². The van der Waals surface area contributed by atoms with Gasteiger partial charge < -0.3 is 8.98 Å². The number of rotatable bonds is 4. The Bertz CT molecular complexity index is 1440. The molecular formula is C26H32N4O3S. The predicted molar refractivity (Wildman–Crippen MR) is 132 cm³/mol. The maximum Gasteiger partial charge on any atom is 0.243 e. The Balaban J connectivity index is 1.69. The van der Waals surface area contributed by atoms with E-state index >= 15 is 0 Å². The molecule has 1 aromatic carbocycles. The Hall–Kier alpha value is -2.42. The summed E-state index contributed by atoms with van der Waals surface area (Å²) in [5.74, 6) is 1.48. The van der Waals surface area contributed by atoms with Crippen molar-refractivity contribution >= 4 is 26.6 Å². The average molecular weight is 481 g/mol. The third-order valence-corrected chi connectivity index (χ3v) is 10.2. The summed E-state index contributed by atoms with van der Waals surface area (Å²) >= 11 is 0. The lowest BCUT2D eigenvalue weighted by atomic mass is 9.66. The highest BCUT2D eigenvalue weighted by molar-refractivity contribution is 7.89.